The molecule has 0 saturated carbocycles. The summed E-state index contributed by atoms with van der Waals surface area (Å²) in [4.78, 5) is 23.7. The number of nitrogens with one attached hydrogen (secondary N) is 2. The lowest BCUT2D eigenvalue weighted by Gasteiger charge is -2.28. The van der Waals surface area contributed by atoms with Crippen LogP contribution in [0.3, 0.4) is 0 Å². The van der Waals surface area contributed by atoms with E-state index in [0.717, 1.165) is 6.54 Å². The Bertz CT molecular complexity index is 461. The quantitative estimate of drug-likeness (QED) is 0.703. The molecule has 0 aliphatic heterocycles. The Hall–Kier alpha value is -1.88. The molecule has 2 atom stereocenters. The van der Waals surface area contributed by atoms with Crippen LogP contribution in [-0.2, 0) is 15.1 Å². The maximum absolute atomic E-state index is 12.1. The zero-order valence-corrected chi connectivity index (χ0v) is 12.1. The van der Waals surface area contributed by atoms with Gasteiger partial charge in [0.1, 0.15) is 0 Å². The molecule has 0 spiro atoms. The van der Waals surface area contributed by atoms with Gasteiger partial charge in [0.25, 0.3) is 0 Å². The van der Waals surface area contributed by atoms with Crippen LogP contribution in [0.15, 0.2) is 30.3 Å². The Morgan fingerprint density at radius 3 is 2.40 bits per heavy atom. The number of aliphatic carboxylic acids is 1. The van der Waals surface area contributed by atoms with Crippen molar-refractivity contribution >= 4 is 11.9 Å². The molecule has 0 bridgehead atoms. The summed E-state index contributed by atoms with van der Waals surface area (Å²) in [7, 11) is 0. The van der Waals surface area contributed by atoms with Crippen molar-refractivity contribution in [2.75, 3.05) is 13.1 Å². The van der Waals surface area contributed by atoms with Crippen LogP contribution in [0.5, 0.6) is 0 Å². The molecule has 1 rings (SSSR count). The highest BCUT2D eigenvalue weighted by Gasteiger charge is 2.37. The van der Waals surface area contributed by atoms with E-state index in [1.54, 1.807) is 37.3 Å². The van der Waals surface area contributed by atoms with E-state index >= 15 is 0 Å². The number of rotatable bonds is 7. The largest absolute Gasteiger partial charge is 0.479 e. The number of carboxylic acids is 1. The average molecular weight is 278 g/mol. The first-order valence-corrected chi connectivity index (χ1v) is 6.73. The molecule has 0 aliphatic rings. The molecule has 20 heavy (non-hydrogen) atoms. The van der Waals surface area contributed by atoms with Gasteiger partial charge in [-0.05, 0) is 19.0 Å². The van der Waals surface area contributed by atoms with Crippen LogP contribution >= 0.6 is 0 Å². The molecule has 5 heteroatoms. The number of benzene rings is 1. The Labute approximate surface area is 119 Å². The first-order chi connectivity index (χ1) is 9.41. The van der Waals surface area contributed by atoms with Gasteiger partial charge in [-0.15, -0.1) is 0 Å². The van der Waals surface area contributed by atoms with Crippen molar-refractivity contribution in [3.05, 3.63) is 35.9 Å². The third kappa shape index (κ3) is 3.81. The summed E-state index contributed by atoms with van der Waals surface area (Å²) in [5.74, 6) is -1.65. The summed E-state index contributed by atoms with van der Waals surface area (Å²) in [6.45, 7) is 6.52. The minimum atomic E-state index is -1.42. The predicted octanol–water partition coefficient (Wildman–Crippen LogP) is 1.35. The Morgan fingerprint density at radius 1 is 1.30 bits per heavy atom. The van der Waals surface area contributed by atoms with E-state index in [0.29, 0.717) is 12.1 Å². The van der Waals surface area contributed by atoms with Crippen LogP contribution in [-0.4, -0.2) is 30.1 Å². The number of hydrogen-bond acceptors (Lipinski definition) is 3. The van der Waals surface area contributed by atoms with E-state index in [1.165, 1.54) is 6.92 Å². The van der Waals surface area contributed by atoms with E-state index < -0.39 is 11.5 Å². The summed E-state index contributed by atoms with van der Waals surface area (Å²) >= 11 is 0. The molecule has 0 aromatic heterocycles. The first-order valence-electron chi connectivity index (χ1n) is 6.73. The van der Waals surface area contributed by atoms with Crippen molar-refractivity contribution in [2.45, 2.75) is 26.3 Å². The molecular weight excluding hydrogens is 256 g/mol. The molecule has 0 saturated heterocycles. The summed E-state index contributed by atoms with van der Waals surface area (Å²) in [6.07, 6.45) is 0. The zero-order valence-electron chi connectivity index (χ0n) is 12.1. The van der Waals surface area contributed by atoms with Crippen LogP contribution in [0.1, 0.15) is 26.3 Å². The van der Waals surface area contributed by atoms with E-state index in [2.05, 4.69) is 10.6 Å². The van der Waals surface area contributed by atoms with Crippen LogP contribution in [0.4, 0.5) is 0 Å². The molecule has 2 unspecified atom stereocenters. The first kappa shape index (κ1) is 16.2. The molecule has 3 N–H and O–H groups in total. The van der Waals surface area contributed by atoms with Gasteiger partial charge in [0.15, 0.2) is 5.54 Å². The Balaban J connectivity index is 2.88. The van der Waals surface area contributed by atoms with Crippen LogP contribution in [0.2, 0.25) is 0 Å². The fourth-order valence-corrected chi connectivity index (χ4v) is 1.84. The highest BCUT2D eigenvalue weighted by Crippen LogP contribution is 2.21. The van der Waals surface area contributed by atoms with E-state index in [-0.39, 0.29) is 11.8 Å². The van der Waals surface area contributed by atoms with Crippen molar-refractivity contribution in [1.29, 1.82) is 0 Å². The van der Waals surface area contributed by atoms with Crippen LogP contribution < -0.4 is 10.6 Å². The van der Waals surface area contributed by atoms with Gasteiger partial charge in [0, 0.05) is 12.5 Å². The molecular formula is C15H22N2O3. The number of hydrogen-bond donors (Lipinski definition) is 3. The van der Waals surface area contributed by atoms with Gasteiger partial charge < -0.3 is 15.7 Å². The number of carbonyl (C=O) groups excluding carboxylic acids is 1. The zero-order chi connectivity index (χ0) is 15.2. The SMILES string of the molecule is CCNCC(C)C(=O)NC(C)(C(=O)O)c1ccccc1. The van der Waals surface area contributed by atoms with Crippen molar-refractivity contribution in [2.24, 2.45) is 5.92 Å². The molecule has 1 aromatic carbocycles. The molecule has 0 radical (unpaired) electrons. The lowest BCUT2D eigenvalue weighted by molar-refractivity contribution is -0.148. The lowest BCUT2D eigenvalue weighted by Crippen LogP contribution is -2.52. The van der Waals surface area contributed by atoms with E-state index in [1.807, 2.05) is 6.92 Å². The van der Waals surface area contributed by atoms with Gasteiger partial charge in [-0.25, -0.2) is 4.79 Å². The molecule has 0 aliphatic carbocycles. The normalized spacial score (nSPS) is 15.2. The van der Waals surface area contributed by atoms with Crippen molar-refractivity contribution in [3.63, 3.8) is 0 Å². The summed E-state index contributed by atoms with van der Waals surface area (Å²) in [5, 5.41) is 15.2. The topological polar surface area (TPSA) is 78.4 Å². The molecule has 110 valence electrons. The summed E-state index contributed by atoms with van der Waals surface area (Å²) in [6, 6.07) is 8.71. The average Bonchev–Trinajstić information content (AvgIpc) is 2.45. The van der Waals surface area contributed by atoms with Crippen molar-refractivity contribution < 1.29 is 14.7 Å². The van der Waals surface area contributed by atoms with Gasteiger partial charge in [0.05, 0.1) is 0 Å². The maximum atomic E-state index is 12.1. The third-order valence-corrected chi connectivity index (χ3v) is 3.30. The lowest BCUT2D eigenvalue weighted by atomic mass is 9.91. The van der Waals surface area contributed by atoms with Gasteiger partial charge >= 0.3 is 5.97 Å². The van der Waals surface area contributed by atoms with Crippen molar-refractivity contribution in [1.82, 2.24) is 10.6 Å². The highest BCUT2D eigenvalue weighted by molar-refractivity contribution is 5.88. The highest BCUT2D eigenvalue weighted by atomic mass is 16.4. The Kier molecular flexibility index (Phi) is 5.70. The van der Waals surface area contributed by atoms with E-state index in [9.17, 15) is 14.7 Å². The third-order valence-electron chi connectivity index (χ3n) is 3.30. The van der Waals surface area contributed by atoms with Crippen molar-refractivity contribution in [3.8, 4) is 0 Å². The minimum Gasteiger partial charge on any atom is -0.479 e. The van der Waals surface area contributed by atoms with Crippen LogP contribution in [0.25, 0.3) is 0 Å². The van der Waals surface area contributed by atoms with Gasteiger partial charge in [0.2, 0.25) is 5.91 Å². The van der Waals surface area contributed by atoms with Gasteiger partial charge in [-0.2, -0.15) is 0 Å². The van der Waals surface area contributed by atoms with Crippen LogP contribution in [0, 0.1) is 5.92 Å². The number of amides is 1. The fraction of sp³-hybridized carbons (Fsp3) is 0.467. The summed E-state index contributed by atoms with van der Waals surface area (Å²) < 4.78 is 0. The predicted molar refractivity (Wildman–Crippen MR) is 77.3 cm³/mol. The monoisotopic (exact) mass is 278 g/mol. The molecule has 0 heterocycles. The van der Waals surface area contributed by atoms with Gasteiger partial charge in [-0.1, -0.05) is 44.2 Å². The molecule has 1 aromatic rings. The molecule has 0 fully saturated rings. The second-order valence-corrected chi connectivity index (χ2v) is 4.99. The Morgan fingerprint density at radius 2 is 1.90 bits per heavy atom. The smallest absolute Gasteiger partial charge is 0.333 e. The second-order valence-electron chi connectivity index (χ2n) is 4.99. The molecule has 1 amide bonds. The van der Waals surface area contributed by atoms with E-state index in [4.69, 9.17) is 0 Å². The number of carboxylic acid groups (broad SMARTS) is 1. The maximum Gasteiger partial charge on any atom is 0.333 e. The summed E-state index contributed by atoms with van der Waals surface area (Å²) in [5.41, 5.74) is -0.866. The molecule has 5 nitrogen and oxygen atoms in total. The number of carbonyl (C=O) groups is 2. The van der Waals surface area contributed by atoms with Gasteiger partial charge in [-0.3, -0.25) is 4.79 Å². The minimum absolute atomic E-state index is 0.278. The standard InChI is InChI=1S/C15H22N2O3/c1-4-16-10-11(2)13(18)17-15(3,14(19)20)12-8-6-5-7-9-12/h5-9,11,16H,4,10H2,1-3H3,(H,17,18)(H,19,20). The fourth-order valence-electron chi connectivity index (χ4n) is 1.84. The second kappa shape index (κ2) is 7.05.